The van der Waals surface area contributed by atoms with Crippen molar-refractivity contribution < 1.29 is 25.9 Å². The number of rotatable bonds is 6. The van der Waals surface area contributed by atoms with Crippen LogP contribution in [0.5, 0.6) is 0 Å². The van der Waals surface area contributed by atoms with Gasteiger partial charge in [0.2, 0.25) is 0 Å². The molecule has 6 nitrogen and oxygen atoms in total. The van der Waals surface area contributed by atoms with E-state index >= 15 is 0 Å². The van der Waals surface area contributed by atoms with Crippen molar-refractivity contribution in [1.82, 2.24) is 0 Å². The van der Waals surface area contributed by atoms with Gasteiger partial charge in [-0.1, -0.05) is 86.7 Å². The van der Waals surface area contributed by atoms with Gasteiger partial charge in [0.15, 0.2) is 0 Å². The fourth-order valence-electron chi connectivity index (χ4n) is 7.76. The molecule has 4 aliphatic carbocycles. The van der Waals surface area contributed by atoms with E-state index in [0.717, 1.165) is 35.1 Å². The summed E-state index contributed by atoms with van der Waals surface area (Å²) in [6, 6.07) is 7.64. The summed E-state index contributed by atoms with van der Waals surface area (Å²) in [7, 11) is -8.52. The average molecular weight is 531 g/mol. The molecular formula is C28H34O6S2. The van der Waals surface area contributed by atoms with Crippen LogP contribution in [0.25, 0.3) is 12.2 Å². The first kappa shape index (κ1) is 25.6. The predicted molar refractivity (Wildman–Crippen MR) is 142 cm³/mol. The zero-order chi connectivity index (χ0) is 26.4. The molecule has 0 radical (unpaired) electrons. The Labute approximate surface area is 214 Å². The van der Waals surface area contributed by atoms with E-state index in [2.05, 4.69) is 13.2 Å². The van der Waals surface area contributed by atoms with E-state index in [1.165, 1.54) is 0 Å². The smallest absolute Gasteiger partial charge is 0.271 e. The van der Waals surface area contributed by atoms with Crippen molar-refractivity contribution in [2.75, 3.05) is 0 Å². The van der Waals surface area contributed by atoms with Crippen molar-refractivity contribution >= 4 is 32.4 Å². The fourth-order valence-corrected chi connectivity index (χ4v) is 10.8. The first-order chi connectivity index (χ1) is 16.6. The van der Waals surface area contributed by atoms with Crippen molar-refractivity contribution in [3.8, 4) is 0 Å². The van der Waals surface area contributed by atoms with Gasteiger partial charge in [-0.3, -0.25) is 9.11 Å². The molecule has 2 N–H and O–H groups in total. The molecule has 1 aromatic carbocycles. The number of benzene rings is 1. The maximum atomic E-state index is 12.4. The number of allylic oxidation sites excluding steroid dienone is 4. The Morgan fingerprint density at radius 3 is 1.39 bits per heavy atom. The molecule has 0 saturated heterocycles. The Morgan fingerprint density at radius 2 is 1.08 bits per heavy atom. The van der Waals surface area contributed by atoms with Gasteiger partial charge in [0, 0.05) is 10.8 Å². The quantitative estimate of drug-likeness (QED) is 0.360. The molecule has 0 spiro atoms. The van der Waals surface area contributed by atoms with Crippen LogP contribution in [0, 0.1) is 22.7 Å². The first-order valence-electron chi connectivity index (χ1n) is 12.4. The summed E-state index contributed by atoms with van der Waals surface area (Å²) in [5, 5.41) is 0. The standard InChI is InChI=1S/C28H34O6S2/c1-19-23-11-15-27(17-23,35(29,30)31)25(19,3)13-9-21-5-7-22(8-6-21)10-14-26(4)20(2)24-12-16-28(26,18-24)36(32,33)34/h5-10,13-14,23-24H,1-2,11-12,15-18H2,3-4H3,(H,29,30,31)(H,32,33,34). The van der Waals surface area contributed by atoms with Gasteiger partial charge in [-0.15, -0.1) is 0 Å². The molecule has 8 heteroatoms. The molecule has 6 atom stereocenters. The van der Waals surface area contributed by atoms with E-state index in [0.29, 0.717) is 25.7 Å². The largest absolute Gasteiger partial charge is 0.285 e. The Bertz CT molecular complexity index is 1310. The lowest BCUT2D eigenvalue weighted by Crippen LogP contribution is -2.48. The van der Waals surface area contributed by atoms with Crippen molar-refractivity contribution in [2.24, 2.45) is 22.7 Å². The van der Waals surface area contributed by atoms with Crippen LogP contribution in [0.15, 0.2) is 60.7 Å². The molecule has 4 saturated carbocycles. The summed E-state index contributed by atoms with van der Waals surface area (Å²) in [4.78, 5) is 0. The number of hydrogen-bond donors (Lipinski definition) is 2. The van der Waals surface area contributed by atoms with Gasteiger partial charge in [-0.25, -0.2) is 0 Å². The third kappa shape index (κ3) is 3.20. The molecule has 0 amide bonds. The van der Waals surface area contributed by atoms with Crippen LogP contribution in [0.1, 0.15) is 63.5 Å². The molecule has 4 bridgehead atoms. The molecule has 4 aliphatic rings. The highest BCUT2D eigenvalue weighted by molar-refractivity contribution is 7.87. The first-order valence-corrected chi connectivity index (χ1v) is 15.3. The van der Waals surface area contributed by atoms with Gasteiger partial charge >= 0.3 is 0 Å². The summed E-state index contributed by atoms with van der Waals surface area (Å²) in [6.45, 7) is 12.1. The molecule has 0 heterocycles. The van der Waals surface area contributed by atoms with Gasteiger partial charge < -0.3 is 0 Å². The minimum atomic E-state index is -4.26. The summed E-state index contributed by atoms with van der Waals surface area (Å²) in [5.74, 6) is 0.198. The minimum Gasteiger partial charge on any atom is -0.285 e. The summed E-state index contributed by atoms with van der Waals surface area (Å²) < 4.78 is 67.4. The van der Waals surface area contributed by atoms with E-state index in [1.54, 1.807) is 0 Å². The normalized spacial score (nSPS) is 40.3. The highest BCUT2D eigenvalue weighted by Gasteiger charge is 2.68. The average Bonchev–Trinajstić information content (AvgIpc) is 3.54. The Balaban J connectivity index is 1.39. The topological polar surface area (TPSA) is 109 Å². The van der Waals surface area contributed by atoms with Crippen LogP contribution < -0.4 is 0 Å². The van der Waals surface area contributed by atoms with Crippen molar-refractivity contribution in [1.29, 1.82) is 0 Å². The molecule has 194 valence electrons. The molecule has 4 fully saturated rings. The van der Waals surface area contributed by atoms with Gasteiger partial charge in [0.25, 0.3) is 20.2 Å². The van der Waals surface area contributed by atoms with Gasteiger partial charge in [-0.05, 0) is 61.5 Å². The lowest BCUT2D eigenvalue weighted by molar-refractivity contribution is 0.320. The second-order valence-electron chi connectivity index (χ2n) is 11.6. The van der Waals surface area contributed by atoms with Crippen LogP contribution in [-0.4, -0.2) is 35.4 Å². The SMILES string of the molecule is C=C1C2CCC(S(=O)(=O)O)(C2)C1(C)C=Cc1ccc(C=CC2(C)C(=C)C3CCC2(S(=O)(=O)O)C3)cc1. The molecular weight excluding hydrogens is 496 g/mol. The summed E-state index contributed by atoms with van der Waals surface area (Å²) >= 11 is 0. The van der Waals surface area contributed by atoms with Crippen molar-refractivity contribution in [3.05, 3.63) is 71.8 Å². The van der Waals surface area contributed by atoms with E-state index < -0.39 is 40.6 Å². The highest BCUT2D eigenvalue weighted by Crippen LogP contribution is 2.66. The lowest BCUT2D eigenvalue weighted by Gasteiger charge is -2.41. The zero-order valence-electron chi connectivity index (χ0n) is 20.8. The summed E-state index contributed by atoms with van der Waals surface area (Å²) in [6.07, 6.45) is 10.6. The minimum absolute atomic E-state index is 0.0992. The predicted octanol–water partition coefficient (Wildman–Crippen LogP) is 5.72. The highest BCUT2D eigenvalue weighted by atomic mass is 32.2. The third-order valence-corrected chi connectivity index (χ3v) is 13.9. The molecule has 6 unspecified atom stereocenters. The number of fused-ring (bicyclic) bond motifs is 4. The maximum absolute atomic E-state index is 12.4. The van der Waals surface area contributed by atoms with Crippen LogP contribution in [0.2, 0.25) is 0 Å². The third-order valence-electron chi connectivity index (χ3n) is 10.3. The zero-order valence-corrected chi connectivity index (χ0v) is 22.4. The van der Waals surface area contributed by atoms with Gasteiger partial charge in [-0.2, -0.15) is 16.8 Å². The molecule has 36 heavy (non-hydrogen) atoms. The fraction of sp³-hybridized carbons (Fsp3) is 0.500. The van der Waals surface area contributed by atoms with E-state index in [-0.39, 0.29) is 11.8 Å². The van der Waals surface area contributed by atoms with Crippen LogP contribution in [0.3, 0.4) is 0 Å². The Hall–Kier alpha value is -2.00. The van der Waals surface area contributed by atoms with Crippen LogP contribution >= 0.6 is 0 Å². The summed E-state index contributed by atoms with van der Waals surface area (Å²) in [5.41, 5.74) is 1.77. The van der Waals surface area contributed by atoms with E-state index in [1.807, 2.05) is 62.4 Å². The number of hydrogen-bond acceptors (Lipinski definition) is 4. The molecule has 1 aromatic rings. The van der Waals surface area contributed by atoms with Crippen LogP contribution in [-0.2, 0) is 20.2 Å². The van der Waals surface area contributed by atoms with Crippen molar-refractivity contribution in [2.45, 2.75) is 61.9 Å². The maximum Gasteiger partial charge on any atom is 0.271 e. The van der Waals surface area contributed by atoms with Crippen molar-refractivity contribution in [3.63, 3.8) is 0 Å². The Kier molecular flexibility index (Phi) is 5.53. The lowest BCUT2D eigenvalue weighted by atomic mass is 9.70. The molecule has 0 aliphatic heterocycles. The monoisotopic (exact) mass is 530 g/mol. The van der Waals surface area contributed by atoms with Crippen LogP contribution in [0.4, 0.5) is 0 Å². The molecule has 0 aromatic heterocycles. The van der Waals surface area contributed by atoms with Gasteiger partial charge in [0.05, 0.1) is 0 Å². The van der Waals surface area contributed by atoms with Gasteiger partial charge in [0.1, 0.15) is 9.49 Å². The van der Waals surface area contributed by atoms with E-state index in [9.17, 15) is 25.9 Å². The second kappa shape index (κ2) is 7.76. The van der Waals surface area contributed by atoms with E-state index in [4.69, 9.17) is 0 Å². The Morgan fingerprint density at radius 1 is 0.750 bits per heavy atom. The molecule has 5 rings (SSSR count). The second-order valence-corrected chi connectivity index (χ2v) is 15.1.